The number of nitrogens with one attached hydrogen (secondary N) is 1. The lowest BCUT2D eigenvalue weighted by atomic mass is 9.85. The zero-order chi connectivity index (χ0) is 15.5. The molecule has 0 aromatic carbocycles. The van der Waals surface area contributed by atoms with Crippen LogP contribution in [0.2, 0.25) is 0 Å². The molecule has 1 aliphatic carbocycles. The molecule has 2 fully saturated rings. The second kappa shape index (κ2) is 7.43. The van der Waals surface area contributed by atoms with Gasteiger partial charge in [-0.2, -0.15) is 0 Å². The summed E-state index contributed by atoms with van der Waals surface area (Å²) in [6, 6.07) is 1.38. The van der Waals surface area contributed by atoms with Crippen molar-refractivity contribution in [3.05, 3.63) is 0 Å². The first kappa shape index (κ1) is 17.2. The highest BCUT2D eigenvalue weighted by atomic mass is 16.3. The molecule has 0 aromatic heterocycles. The number of piperidine rings is 1. The van der Waals surface area contributed by atoms with Crippen molar-refractivity contribution >= 4 is 0 Å². The van der Waals surface area contributed by atoms with Crippen LogP contribution in [0, 0.1) is 11.8 Å². The molecule has 1 heterocycles. The Bertz CT molecular complexity index is 312. The van der Waals surface area contributed by atoms with Gasteiger partial charge in [-0.1, -0.05) is 20.8 Å². The molecule has 21 heavy (non-hydrogen) atoms. The second-order valence-electron chi connectivity index (χ2n) is 7.87. The average molecular weight is 296 g/mol. The summed E-state index contributed by atoms with van der Waals surface area (Å²) in [5, 5.41) is 13.6. The quantitative estimate of drug-likeness (QED) is 0.723. The van der Waals surface area contributed by atoms with Gasteiger partial charge in [0.1, 0.15) is 0 Å². The summed E-state index contributed by atoms with van der Waals surface area (Å²) < 4.78 is 0. The van der Waals surface area contributed by atoms with Gasteiger partial charge in [0, 0.05) is 24.2 Å². The molecule has 0 bridgehead atoms. The van der Waals surface area contributed by atoms with Gasteiger partial charge < -0.3 is 15.3 Å². The van der Waals surface area contributed by atoms with Gasteiger partial charge in [0.15, 0.2) is 0 Å². The van der Waals surface area contributed by atoms with Gasteiger partial charge in [-0.15, -0.1) is 0 Å². The Morgan fingerprint density at radius 1 is 1.24 bits per heavy atom. The van der Waals surface area contributed by atoms with Crippen molar-refractivity contribution in [1.82, 2.24) is 10.2 Å². The first-order valence-electron chi connectivity index (χ1n) is 9.12. The summed E-state index contributed by atoms with van der Waals surface area (Å²) in [4.78, 5) is 2.67. The third-order valence-corrected chi connectivity index (χ3v) is 5.89. The molecule has 1 saturated heterocycles. The molecule has 0 aromatic rings. The van der Waals surface area contributed by atoms with Gasteiger partial charge in [-0.3, -0.25) is 0 Å². The molecule has 0 radical (unpaired) electrons. The highest BCUT2D eigenvalue weighted by molar-refractivity contribution is 4.94. The standard InChI is InChI=1S/C18H36N2O/c1-5-18(13-21,19-17-7-8-17)9-6-10-20-12-14(2)11-15(3)16(20)4/h14-17,19,21H,5-13H2,1-4H3. The molecule has 4 atom stereocenters. The largest absolute Gasteiger partial charge is 0.394 e. The van der Waals surface area contributed by atoms with Crippen LogP contribution < -0.4 is 5.32 Å². The number of hydrogen-bond acceptors (Lipinski definition) is 3. The number of hydrogen-bond donors (Lipinski definition) is 2. The SMILES string of the molecule is CCC(CO)(CCCN1CC(C)CC(C)C1C)NC1CC1. The van der Waals surface area contributed by atoms with Crippen molar-refractivity contribution in [2.45, 2.75) is 83.8 Å². The molecule has 4 unspecified atom stereocenters. The summed E-state index contributed by atoms with van der Waals surface area (Å²) in [5.41, 5.74) is -0.0303. The van der Waals surface area contributed by atoms with Crippen LogP contribution in [-0.4, -0.2) is 47.3 Å². The van der Waals surface area contributed by atoms with Crippen molar-refractivity contribution in [3.8, 4) is 0 Å². The lowest BCUT2D eigenvalue weighted by molar-refractivity contribution is 0.0710. The van der Waals surface area contributed by atoms with E-state index in [4.69, 9.17) is 0 Å². The van der Waals surface area contributed by atoms with E-state index in [1.165, 1.54) is 38.8 Å². The highest BCUT2D eigenvalue weighted by Gasteiger charge is 2.34. The van der Waals surface area contributed by atoms with E-state index in [1.807, 2.05) is 0 Å². The van der Waals surface area contributed by atoms with Crippen molar-refractivity contribution in [3.63, 3.8) is 0 Å². The predicted octanol–water partition coefficient (Wildman–Crippen LogP) is 3.03. The smallest absolute Gasteiger partial charge is 0.0613 e. The van der Waals surface area contributed by atoms with Crippen LogP contribution in [0.1, 0.15) is 66.2 Å². The zero-order valence-electron chi connectivity index (χ0n) is 14.6. The van der Waals surface area contributed by atoms with E-state index in [0.717, 1.165) is 24.7 Å². The van der Waals surface area contributed by atoms with Crippen LogP contribution in [0.15, 0.2) is 0 Å². The predicted molar refractivity (Wildman–Crippen MR) is 89.5 cm³/mol. The number of rotatable bonds is 8. The van der Waals surface area contributed by atoms with Gasteiger partial charge in [0.2, 0.25) is 0 Å². The minimum Gasteiger partial charge on any atom is -0.394 e. The Kier molecular flexibility index (Phi) is 6.10. The van der Waals surface area contributed by atoms with E-state index < -0.39 is 0 Å². The summed E-state index contributed by atoms with van der Waals surface area (Å²) in [5.74, 6) is 1.64. The van der Waals surface area contributed by atoms with Crippen molar-refractivity contribution in [2.24, 2.45) is 11.8 Å². The lowest BCUT2D eigenvalue weighted by Crippen LogP contribution is -2.50. The Hall–Kier alpha value is -0.120. The summed E-state index contributed by atoms with van der Waals surface area (Å²) in [7, 11) is 0. The summed E-state index contributed by atoms with van der Waals surface area (Å²) in [6.45, 7) is 12.1. The molecule has 3 heteroatoms. The Labute approximate surface area is 131 Å². The molecule has 3 nitrogen and oxygen atoms in total. The van der Waals surface area contributed by atoms with Gasteiger partial charge in [-0.25, -0.2) is 0 Å². The number of aliphatic hydroxyl groups excluding tert-OH is 1. The first-order valence-corrected chi connectivity index (χ1v) is 9.12. The van der Waals surface area contributed by atoms with Crippen LogP contribution >= 0.6 is 0 Å². The van der Waals surface area contributed by atoms with Gasteiger partial charge in [-0.05, 0) is 63.8 Å². The normalized spacial score (nSPS) is 33.9. The van der Waals surface area contributed by atoms with Crippen LogP contribution in [0.25, 0.3) is 0 Å². The Morgan fingerprint density at radius 3 is 2.52 bits per heavy atom. The van der Waals surface area contributed by atoms with E-state index >= 15 is 0 Å². The Balaban J connectivity index is 1.80. The minimum atomic E-state index is -0.0303. The molecule has 2 N–H and O–H groups in total. The van der Waals surface area contributed by atoms with Crippen LogP contribution in [0.3, 0.4) is 0 Å². The number of aliphatic hydroxyl groups is 1. The molecule has 2 rings (SSSR count). The number of likely N-dealkylation sites (tertiary alicyclic amines) is 1. The minimum absolute atomic E-state index is 0.0303. The number of nitrogens with zero attached hydrogens (tertiary/aromatic N) is 1. The molecule has 1 saturated carbocycles. The highest BCUT2D eigenvalue weighted by Crippen LogP contribution is 2.29. The van der Waals surface area contributed by atoms with E-state index in [1.54, 1.807) is 0 Å². The van der Waals surface area contributed by atoms with Crippen LogP contribution in [0.5, 0.6) is 0 Å². The topological polar surface area (TPSA) is 35.5 Å². The van der Waals surface area contributed by atoms with Gasteiger partial charge >= 0.3 is 0 Å². The van der Waals surface area contributed by atoms with E-state index in [2.05, 4.69) is 37.9 Å². The van der Waals surface area contributed by atoms with Gasteiger partial charge in [0.05, 0.1) is 6.61 Å². The maximum Gasteiger partial charge on any atom is 0.0613 e. The first-order chi connectivity index (χ1) is 9.99. The summed E-state index contributed by atoms with van der Waals surface area (Å²) in [6.07, 6.45) is 7.28. The average Bonchev–Trinajstić information content (AvgIpc) is 3.26. The Morgan fingerprint density at radius 2 is 1.95 bits per heavy atom. The third-order valence-electron chi connectivity index (χ3n) is 5.89. The third kappa shape index (κ3) is 4.67. The zero-order valence-corrected chi connectivity index (χ0v) is 14.6. The van der Waals surface area contributed by atoms with Crippen molar-refractivity contribution < 1.29 is 5.11 Å². The van der Waals surface area contributed by atoms with Crippen LogP contribution in [-0.2, 0) is 0 Å². The molecule has 2 aliphatic rings. The summed E-state index contributed by atoms with van der Waals surface area (Å²) >= 11 is 0. The lowest BCUT2D eigenvalue weighted by Gasteiger charge is -2.42. The maximum absolute atomic E-state index is 9.85. The monoisotopic (exact) mass is 296 g/mol. The van der Waals surface area contributed by atoms with Gasteiger partial charge in [0.25, 0.3) is 0 Å². The molecule has 0 amide bonds. The van der Waals surface area contributed by atoms with E-state index in [0.29, 0.717) is 12.1 Å². The molecular formula is C18H36N2O. The van der Waals surface area contributed by atoms with E-state index in [-0.39, 0.29) is 12.1 Å². The maximum atomic E-state index is 9.85. The fourth-order valence-corrected chi connectivity index (χ4v) is 4.00. The van der Waals surface area contributed by atoms with Crippen molar-refractivity contribution in [1.29, 1.82) is 0 Å². The molecule has 124 valence electrons. The molecule has 0 spiro atoms. The molecular weight excluding hydrogens is 260 g/mol. The molecule has 1 aliphatic heterocycles. The van der Waals surface area contributed by atoms with E-state index in [9.17, 15) is 5.11 Å². The fraction of sp³-hybridized carbons (Fsp3) is 1.00. The fourth-order valence-electron chi connectivity index (χ4n) is 4.00. The second-order valence-corrected chi connectivity index (χ2v) is 7.87. The van der Waals surface area contributed by atoms with Crippen molar-refractivity contribution in [2.75, 3.05) is 19.7 Å². The van der Waals surface area contributed by atoms with Crippen LogP contribution in [0.4, 0.5) is 0 Å².